The van der Waals surface area contributed by atoms with E-state index in [4.69, 9.17) is 11.5 Å². The van der Waals surface area contributed by atoms with Gasteiger partial charge >= 0.3 is 0 Å². The zero-order chi connectivity index (χ0) is 9.14. The molecule has 1 heterocycles. The smallest absolute Gasteiger partial charge is 0.152 e. The van der Waals surface area contributed by atoms with Crippen molar-refractivity contribution in [2.24, 2.45) is 5.73 Å². The molecule has 64 valence electrons. The van der Waals surface area contributed by atoms with Crippen LogP contribution < -0.4 is 11.5 Å². The van der Waals surface area contributed by atoms with Crippen LogP contribution in [0.15, 0.2) is 18.2 Å². The first-order chi connectivity index (χ1) is 5.61. The average molecular weight is 165 g/mol. The van der Waals surface area contributed by atoms with Gasteiger partial charge in [0.25, 0.3) is 0 Å². The van der Waals surface area contributed by atoms with Crippen molar-refractivity contribution in [3.63, 3.8) is 0 Å². The van der Waals surface area contributed by atoms with E-state index in [1.165, 1.54) is 6.92 Å². The summed E-state index contributed by atoms with van der Waals surface area (Å²) in [5.41, 5.74) is 11.5. The van der Waals surface area contributed by atoms with Gasteiger partial charge in [-0.2, -0.15) is 0 Å². The molecule has 0 spiro atoms. The molecule has 1 aromatic heterocycles. The van der Waals surface area contributed by atoms with Gasteiger partial charge in [0.1, 0.15) is 11.9 Å². The van der Waals surface area contributed by atoms with Crippen LogP contribution in [0.5, 0.6) is 0 Å². The van der Waals surface area contributed by atoms with Crippen LogP contribution >= 0.6 is 0 Å². The first kappa shape index (κ1) is 8.67. The summed E-state index contributed by atoms with van der Waals surface area (Å²) in [7, 11) is 0. The minimum atomic E-state index is -0.659. The summed E-state index contributed by atoms with van der Waals surface area (Å²) in [6.07, 6.45) is 0. The second-order valence-corrected chi connectivity index (χ2v) is 2.58. The second-order valence-electron chi connectivity index (χ2n) is 2.58. The second kappa shape index (κ2) is 3.32. The molecule has 0 amide bonds. The highest BCUT2D eigenvalue weighted by Crippen LogP contribution is 2.09. The quantitative estimate of drug-likeness (QED) is 0.658. The van der Waals surface area contributed by atoms with Crippen molar-refractivity contribution in [1.82, 2.24) is 4.98 Å². The summed E-state index contributed by atoms with van der Waals surface area (Å²) in [6.45, 7) is 1.43. The molecular weight excluding hydrogens is 154 g/mol. The molecule has 1 rings (SSSR count). The minimum Gasteiger partial charge on any atom is -0.384 e. The maximum absolute atomic E-state index is 10.8. The van der Waals surface area contributed by atoms with Crippen molar-refractivity contribution in [3.05, 3.63) is 23.9 Å². The Labute approximate surface area is 70.6 Å². The third-order valence-corrected chi connectivity index (χ3v) is 1.55. The summed E-state index contributed by atoms with van der Waals surface area (Å²) in [6, 6.07) is 4.40. The molecule has 0 aliphatic carbocycles. The molecule has 1 unspecified atom stereocenters. The molecule has 4 heteroatoms. The van der Waals surface area contributed by atoms with E-state index in [1.54, 1.807) is 18.2 Å². The third kappa shape index (κ3) is 1.79. The van der Waals surface area contributed by atoms with Gasteiger partial charge in [-0.3, -0.25) is 4.79 Å². The molecule has 4 nitrogen and oxygen atoms in total. The fraction of sp³-hybridized carbons (Fsp3) is 0.250. The normalized spacial score (nSPS) is 12.5. The Bertz CT molecular complexity index is 298. The number of nitrogen functional groups attached to an aromatic ring is 1. The number of nitrogens with two attached hydrogens (primary N) is 2. The third-order valence-electron chi connectivity index (χ3n) is 1.55. The van der Waals surface area contributed by atoms with Gasteiger partial charge < -0.3 is 11.5 Å². The van der Waals surface area contributed by atoms with Gasteiger partial charge in [-0.1, -0.05) is 6.07 Å². The van der Waals surface area contributed by atoms with Crippen molar-refractivity contribution < 1.29 is 4.79 Å². The van der Waals surface area contributed by atoms with E-state index < -0.39 is 6.04 Å². The van der Waals surface area contributed by atoms with Crippen LogP contribution in [0.4, 0.5) is 5.82 Å². The molecule has 0 saturated heterocycles. The summed E-state index contributed by atoms with van der Waals surface area (Å²) >= 11 is 0. The maximum Gasteiger partial charge on any atom is 0.152 e. The van der Waals surface area contributed by atoms with Crippen molar-refractivity contribution in [2.75, 3.05) is 5.73 Å². The number of carbonyl (C=O) groups is 1. The largest absolute Gasteiger partial charge is 0.384 e. The molecule has 1 aromatic rings. The number of anilines is 1. The highest BCUT2D eigenvalue weighted by Gasteiger charge is 2.11. The van der Waals surface area contributed by atoms with Crippen molar-refractivity contribution in [3.8, 4) is 0 Å². The van der Waals surface area contributed by atoms with E-state index in [-0.39, 0.29) is 5.78 Å². The number of hydrogen-bond donors (Lipinski definition) is 2. The lowest BCUT2D eigenvalue weighted by atomic mass is 10.1. The Morgan fingerprint density at radius 2 is 2.25 bits per heavy atom. The zero-order valence-electron chi connectivity index (χ0n) is 6.82. The van der Waals surface area contributed by atoms with Crippen molar-refractivity contribution >= 4 is 11.6 Å². The Balaban J connectivity index is 2.95. The lowest BCUT2D eigenvalue weighted by molar-refractivity contribution is -0.118. The number of Topliss-reactive ketones (excluding diaryl/α,β-unsaturated/α-hetero) is 1. The van der Waals surface area contributed by atoms with Gasteiger partial charge in [0.15, 0.2) is 5.78 Å². The Kier molecular flexibility index (Phi) is 2.40. The van der Waals surface area contributed by atoms with E-state index in [9.17, 15) is 4.79 Å². The number of ketones is 1. The van der Waals surface area contributed by atoms with Gasteiger partial charge in [-0.25, -0.2) is 4.98 Å². The fourth-order valence-electron chi connectivity index (χ4n) is 0.850. The van der Waals surface area contributed by atoms with Crippen LogP contribution in [0.2, 0.25) is 0 Å². The van der Waals surface area contributed by atoms with E-state index in [1.807, 2.05) is 0 Å². The molecule has 0 fully saturated rings. The lowest BCUT2D eigenvalue weighted by Gasteiger charge is -2.06. The standard InChI is InChI=1S/C8H11N3O/c1-5(12)8(10)6-3-2-4-7(9)11-6/h2-4,8H,10H2,1H3,(H2,9,11). The van der Waals surface area contributed by atoms with Gasteiger partial charge in [0.2, 0.25) is 0 Å². The van der Waals surface area contributed by atoms with E-state index in [2.05, 4.69) is 4.98 Å². The Morgan fingerprint density at radius 1 is 1.58 bits per heavy atom. The van der Waals surface area contributed by atoms with Crippen LogP contribution in [0.25, 0.3) is 0 Å². The summed E-state index contributed by atoms with van der Waals surface area (Å²) in [4.78, 5) is 14.8. The molecule has 0 saturated carbocycles. The number of nitrogens with zero attached hydrogens (tertiary/aromatic N) is 1. The van der Waals surface area contributed by atoms with E-state index in [0.29, 0.717) is 11.5 Å². The maximum atomic E-state index is 10.8. The molecular formula is C8H11N3O. The first-order valence-electron chi connectivity index (χ1n) is 3.59. The van der Waals surface area contributed by atoms with Crippen LogP contribution in [-0.2, 0) is 4.79 Å². The lowest BCUT2D eigenvalue weighted by Crippen LogP contribution is -2.20. The topological polar surface area (TPSA) is 82.0 Å². The highest BCUT2D eigenvalue weighted by atomic mass is 16.1. The number of carbonyl (C=O) groups excluding carboxylic acids is 1. The molecule has 1 atom stereocenters. The SMILES string of the molecule is CC(=O)C(N)c1cccc(N)n1. The average Bonchev–Trinajstić information content (AvgIpc) is 2.03. The molecule has 0 aliphatic heterocycles. The molecule has 12 heavy (non-hydrogen) atoms. The Hall–Kier alpha value is -1.42. The number of rotatable bonds is 2. The van der Waals surface area contributed by atoms with Crippen LogP contribution in [-0.4, -0.2) is 10.8 Å². The van der Waals surface area contributed by atoms with E-state index in [0.717, 1.165) is 0 Å². The van der Waals surface area contributed by atoms with Gasteiger partial charge in [0.05, 0.1) is 5.69 Å². The molecule has 4 N–H and O–H groups in total. The molecule has 0 aromatic carbocycles. The van der Waals surface area contributed by atoms with Crippen LogP contribution in [0, 0.1) is 0 Å². The summed E-state index contributed by atoms with van der Waals surface area (Å²) in [5, 5.41) is 0. The van der Waals surface area contributed by atoms with Crippen LogP contribution in [0.3, 0.4) is 0 Å². The van der Waals surface area contributed by atoms with E-state index >= 15 is 0 Å². The van der Waals surface area contributed by atoms with Gasteiger partial charge in [-0.05, 0) is 19.1 Å². The predicted molar refractivity (Wildman–Crippen MR) is 46.3 cm³/mol. The molecule has 0 bridgehead atoms. The molecule has 0 radical (unpaired) electrons. The van der Waals surface area contributed by atoms with Gasteiger partial charge in [0, 0.05) is 0 Å². The monoisotopic (exact) mass is 165 g/mol. The number of hydrogen-bond acceptors (Lipinski definition) is 4. The minimum absolute atomic E-state index is 0.117. The zero-order valence-corrected chi connectivity index (χ0v) is 6.82. The highest BCUT2D eigenvalue weighted by molar-refractivity contribution is 5.82. The molecule has 0 aliphatic rings. The summed E-state index contributed by atoms with van der Waals surface area (Å²) < 4.78 is 0. The Morgan fingerprint density at radius 3 is 2.75 bits per heavy atom. The van der Waals surface area contributed by atoms with Crippen molar-refractivity contribution in [1.29, 1.82) is 0 Å². The fourth-order valence-corrected chi connectivity index (χ4v) is 0.850. The van der Waals surface area contributed by atoms with Crippen LogP contribution in [0.1, 0.15) is 18.7 Å². The van der Waals surface area contributed by atoms with Gasteiger partial charge in [-0.15, -0.1) is 0 Å². The number of aromatic nitrogens is 1. The first-order valence-corrected chi connectivity index (χ1v) is 3.59. The summed E-state index contributed by atoms with van der Waals surface area (Å²) in [5.74, 6) is 0.261. The number of pyridine rings is 1. The predicted octanol–water partition coefficient (Wildman–Crippen LogP) is 0.253. The van der Waals surface area contributed by atoms with Crippen molar-refractivity contribution in [2.45, 2.75) is 13.0 Å².